The predicted molar refractivity (Wildman–Crippen MR) is 127 cm³/mol. The maximum absolute atomic E-state index is 12.6. The summed E-state index contributed by atoms with van der Waals surface area (Å²) in [6.07, 6.45) is 2.67. The Balaban J connectivity index is 1.31. The lowest BCUT2D eigenvalue weighted by Crippen LogP contribution is -2.38. The summed E-state index contributed by atoms with van der Waals surface area (Å²) < 4.78 is 32.5. The molecular formula is C21H24N4O4S3. The number of carbonyl (C=O) groups excluding carboxylic acids is 1. The summed E-state index contributed by atoms with van der Waals surface area (Å²) in [6.45, 7) is 2.89. The van der Waals surface area contributed by atoms with Crippen molar-refractivity contribution in [2.75, 3.05) is 49.0 Å². The van der Waals surface area contributed by atoms with Gasteiger partial charge in [-0.1, -0.05) is 6.07 Å². The molecule has 0 atom stereocenters. The number of sulfonamides is 1. The van der Waals surface area contributed by atoms with E-state index in [2.05, 4.69) is 9.88 Å². The van der Waals surface area contributed by atoms with Gasteiger partial charge < -0.3 is 14.5 Å². The third kappa shape index (κ3) is 5.05. The first kappa shape index (κ1) is 22.6. The van der Waals surface area contributed by atoms with Crippen LogP contribution in [0.25, 0.3) is 0 Å². The monoisotopic (exact) mass is 492 g/mol. The molecule has 2 aromatic heterocycles. The van der Waals surface area contributed by atoms with E-state index in [4.69, 9.17) is 4.74 Å². The van der Waals surface area contributed by atoms with Crippen LogP contribution in [-0.4, -0.2) is 64.0 Å². The molecule has 1 aliphatic heterocycles. The van der Waals surface area contributed by atoms with Crippen LogP contribution in [0.5, 0.6) is 5.75 Å². The summed E-state index contributed by atoms with van der Waals surface area (Å²) in [7, 11) is -2.07. The molecule has 0 aliphatic carbocycles. The topological polar surface area (TPSA) is 83.1 Å². The van der Waals surface area contributed by atoms with E-state index in [-0.39, 0.29) is 16.7 Å². The molecule has 0 unspecified atom stereocenters. The van der Waals surface area contributed by atoms with E-state index in [1.165, 1.54) is 22.7 Å². The van der Waals surface area contributed by atoms with Crippen molar-refractivity contribution in [1.82, 2.24) is 9.88 Å². The van der Waals surface area contributed by atoms with Crippen LogP contribution in [0.2, 0.25) is 0 Å². The summed E-state index contributed by atoms with van der Waals surface area (Å²) in [5.41, 5.74) is 0.520. The lowest BCUT2D eigenvalue weighted by molar-refractivity contribution is -0.133. The first-order chi connectivity index (χ1) is 15.4. The minimum Gasteiger partial charge on any atom is -0.484 e. The van der Waals surface area contributed by atoms with Gasteiger partial charge in [0.2, 0.25) is 0 Å². The molecule has 0 spiro atoms. The van der Waals surface area contributed by atoms with E-state index in [9.17, 15) is 13.2 Å². The van der Waals surface area contributed by atoms with Gasteiger partial charge in [0.25, 0.3) is 15.9 Å². The van der Waals surface area contributed by atoms with Gasteiger partial charge in [0.05, 0.1) is 5.69 Å². The second-order valence-electron chi connectivity index (χ2n) is 7.22. The van der Waals surface area contributed by atoms with Crippen LogP contribution < -0.4 is 13.9 Å². The van der Waals surface area contributed by atoms with Crippen LogP contribution >= 0.6 is 22.7 Å². The van der Waals surface area contributed by atoms with E-state index in [1.807, 2.05) is 10.3 Å². The molecule has 1 aromatic carbocycles. The summed E-state index contributed by atoms with van der Waals surface area (Å²) in [5, 5.41) is 4.68. The summed E-state index contributed by atoms with van der Waals surface area (Å²) in [4.78, 5) is 21.0. The van der Waals surface area contributed by atoms with Gasteiger partial charge in [-0.3, -0.25) is 9.10 Å². The molecule has 11 heteroatoms. The number of rotatable bonds is 7. The molecule has 170 valence electrons. The Bertz CT molecular complexity index is 1120. The number of thiazole rings is 1. The molecule has 4 rings (SSSR count). The lowest BCUT2D eigenvalue weighted by Gasteiger charge is -2.22. The Morgan fingerprint density at radius 1 is 1.09 bits per heavy atom. The van der Waals surface area contributed by atoms with Crippen molar-refractivity contribution in [2.45, 2.75) is 10.6 Å². The van der Waals surface area contributed by atoms with Gasteiger partial charge in [-0.2, -0.15) is 0 Å². The van der Waals surface area contributed by atoms with Crippen LogP contribution in [0.1, 0.15) is 6.42 Å². The smallest absolute Gasteiger partial charge is 0.273 e. The van der Waals surface area contributed by atoms with Crippen molar-refractivity contribution in [3.05, 3.63) is 53.4 Å². The molecule has 0 bridgehead atoms. The van der Waals surface area contributed by atoms with Crippen LogP contribution in [0.15, 0.2) is 57.6 Å². The van der Waals surface area contributed by atoms with Gasteiger partial charge in [0.1, 0.15) is 9.96 Å². The minimum atomic E-state index is -3.58. The van der Waals surface area contributed by atoms with Crippen molar-refractivity contribution in [3.63, 3.8) is 0 Å². The standard InChI is InChI=1S/C21H24N4O4S3/c1-23(32(27,28)20-4-2-14-30-20)17-5-7-18(8-6-17)29-16-19(26)24-10-3-11-25(13-12-24)21-22-9-15-31-21/h2,4-9,14-15H,3,10-13,16H2,1H3. The second kappa shape index (κ2) is 9.88. The van der Waals surface area contributed by atoms with Crippen LogP contribution in [0.4, 0.5) is 10.8 Å². The summed E-state index contributed by atoms with van der Waals surface area (Å²) >= 11 is 2.78. The normalized spacial score (nSPS) is 14.8. The van der Waals surface area contributed by atoms with Gasteiger partial charge >= 0.3 is 0 Å². The van der Waals surface area contributed by atoms with Crippen molar-refractivity contribution < 1.29 is 17.9 Å². The predicted octanol–water partition coefficient (Wildman–Crippen LogP) is 3.15. The van der Waals surface area contributed by atoms with Gasteiger partial charge in [-0.15, -0.1) is 22.7 Å². The fourth-order valence-electron chi connectivity index (χ4n) is 3.40. The number of hydrogen-bond donors (Lipinski definition) is 0. The largest absolute Gasteiger partial charge is 0.484 e. The average molecular weight is 493 g/mol. The van der Waals surface area contributed by atoms with Crippen molar-refractivity contribution in [1.29, 1.82) is 0 Å². The summed E-state index contributed by atoms with van der Waals surface area (Å²) in [5.74, 6) is 0.454. The van der Waals surface area contributed by atoms with E-state index in [0.717, 1.165) is 24.6 Å². The molecular weight excluding hydrogens is 468 g/mol. The molecule has 32 heavy (non-hydrogen) atoms. The van der Waals surface area contributed by atoms with Gasteiger partial charge in [-0.05, 0) is 42.1 Å². The Morgan fingerprint density at radius 3 is 2.59 bits per heavy atom. The zero-order valence-electron chi connectivity index (χ0n) is 17.6. The zero-order chi connectivity index (χ0) is 22.6. The van der Waals surface area contributed by atoms with Gasteiger partial charge in [0, 0.05) is 44.8 Å². The number of anilines is 2. The number of thiophene rings is 1. The van der Waals surface area contributed by atoms with Gasteiger partial charge in [-0.25, -0.2) is 13.4 Å². The molecule has 0 N–H and O–H groups in total. The third-order valence-corrected chi connectivity index (χ3v) is 9.20. The maximum Gasteiger partial charge on any atom is 0.273 e. The number of benzene rings is 1. The molecule has 3 aromatic rings. The molecule has 0 saturated carbocycles. The highest BCUT2D eigenvalue weighted by atomic mass is 32.2. The van der Waals surface area contributed by atoms with E-state index < -0.39 is 10.0 Å². The first-order valence-electron chi connectivity index (χ1n) is 10.1. The van der Waals surface area contributed by atoms with Crippen molar-refractivity contribution in [2.24, 2.45) is 0 Å². The second-order valence-corrected chi connectivity index (χ2v) is 11.2. The fraction of sp³-hybridized carbons (Fsp3) is 0.333. The summed E-state index contributed by atoms with van der Waals surface area (Å²) in [6, 6.07) is 9.98. The van der Waals surface area contributed by atoms with Crippen molar-refractivity contribution in [3.8, 4) is 5.75 Å². The number of nitrogens with zero attached hydrogens (tertiary/aromatic N) is 4. The zero-order valence-corrected chi connectivity index (χ0v) is 20.0. The highest BCUT2D eigenvalue weighted by Crippen LogP contribution is 2.26. The number of amides is 1. The molecule has 8 nitrogen and oxygen atoms in total. The van der Waals surface area contributed by atoms with Crippen LogP contribution in [0.3, 0.4) is 0 Å². The quantitative estimate of drug-likeness (QED) is 0.504. The number of carbonyl (C=O) groups is 1. The molecule has 1 aliphatic rings. The minimum absolute atomic E-state index is 0.0556. The Kier molecular flexibility index (Phi) is 6.97. The highest BCUT2D eigenvalue weighted by Gasteiger charge is 2.23. The average Bonchev–Trinajstić information content (AvgIpc) is 3.49. The Hall–Kier alpha value is -2.63. The van der Waals surface area contributed by atoms with Crippen LogP contribution in [-0.2, 0) is 14.8 Å². The van der Waals surface area contributed by atoms with Crippen molar-refractivity contribution >= 4 is 49.4 Å². The molecule has 1 fully saturated rings. The Labute approximate surface area is 195 Å². The fourth-order valence-corrected chi connectivity index (χ4v) is 6.46. The number of hydrogen-bond acceptors (Lipinski definition) is 8. The molecule has 1 saturated heterocycles. The van der Waals surface area contributed by atoms with Gasteiger partial charge in [0.15, 0.2) is 11.7 Å². The molecule has 3 heterocycles. The SMILES string of the molecule is CN(c1ccc(OCC(=O)N2CCCN(c3nccs3)CC2)cc1)S(=O)(=O)c1cccs1. The lowest BCUT2D eigenvalue weighted by atomic mass is 10.3. The molecule has 0 radical (unpaired) electrons. The highest BCUT2D eigenvalue weighted by molar-refractivity contribution is 7.94. The Morgan fingerprint density at radius 2 is 1.91 bits per heavy atom. The van der Waals surface area contributed by atoms with E-state index >= 15 is 0 Å². The number of ether oxygens (including phenoxy) is 1. The number of aromatic nitrogens is 1. The van der Waals surface area contributed by atoms with E-state index in [1.54, 1.807) is 59.3 Å². The van der Waals surface area contributed by atoms with Crippen LogP contribution in [0, 0.1) is 0 Å². The maximum atomic E-state index is 12.6. The third-order valence-electron chi connectivity index (χ3n) is 5.21. The first-order valence-corrected chi connectivity index (χ1v) is 13.3. The molecule has 1 amide bonds. The van der Waals surface area contributed by atoms with E-state index in [0.29, 0.717) is 24.5 Å².